The minimum Gasteiger partial charge on any atom is -0.494 e. The fourth-order valence-corrected chi connectivity index (χ4v) is 2.54. The smallest absolute Gasteiger partial charge is 0.410 e. The summed E-state index contributed by atoms with van der Waals surface area (Å²) in [5.74, 6) is -0.700. The number of nitro groups is 1. The first-order valence-electron chi connectivity index (χ1n) is 7.87. The maximum Gasteiger partial charge on any atom is 0.410 e. The van der Waals surface area contributed by atoms with Gasteiger partial charge in [0.2, 0.25) is 5.82 Å². The lowest BCUT2D eigenvalue weighted by molar-refractivity contribution is -0.387. The van der Waals surface area contributed by atoms with Crippen molar-refractivity contribution >= 4 is 17.5 Å². The molecule has 0 aromatic heterocycles. The standard InChI is InChI=1S/C16H22FN3O5/c1-16(2,3)25-15(21)19-7-5-18(6-8-19)13-9-11(17)12(20(22)23)10-14(13)24-4/h9-10H,5-8H2,1-4H3. The molecule has 1 fully saturated rings. The molecule has 0 aliphatic carbocycles. The van der Waals surface area contributed by atoms with Gasteiger partial charge in [-0.2, -0.15) is 4.39 Å². The number of ether oxygens (including phenoxy) is 2. The molecule has 138 valence electrons. The second kappa shape index (κ2) is 7.12. The van der Waals surface area contributed by atoms with E-state index in [1.807, 2.05) is 4.90 Å². The Kier molecular flexibility index (Phi) is 5.34. The minimum atomic E-state index is -0.921. The molecular weight excluding hydrogens is 333 g/mol. The Balaban J connectivity index is 2.11. The number of hydrogen-bond donors (Lipinski definition) is 0. The molecule has 0 unspecified atom stereocenters. The van der Waals surface area contributed by atoms with Gasteiger partial charge in [-0.3, -0.25) is 10.1 Å². The normalized spacial score (nSPS) is 15.1. The van der Waals surface area contributed by atoms with Crippen LogP contribution in [0.2, 0.25) is 0 Å². The van der Waals surface area contributed by atoms with Gasteiger partial charge in [-0.1, -0.05) is 0 Å². The lowest BCUT2D eigenvalue weighted by atomic mass is 10.2. The Morgan fingerprint density at radius 3 is 2.32 bits per heavy atom. The first-order valence-corrected chi connectivity index (χ1v) is 7.87. The van der Waals surface area contributed by atoms with E-state index in [1.165, 1.54) is 7.11 Å². The highest BCUT2D eigenvalue weighted by Gasteiger charge is 2.28. The van der Waals surface area contributed by atoms with Crippen LogP contribution in [0.25, 0.3) is 0 Å². The van der Waals surface area contributed by atoms with Crippen LogP contribution in [0.5, 0.6) is 5.75 Å². The highest BCUT2D eigenvalue weighted by molar-refractivity contribution is 5.69. The van der Waals surface area contributed by atoms with Crippen LogP contribution in [0.1, 0.15) is 20.8 Å². The van der Waals surface area contributed by atoms with E-state index in [0.717, 1.165) is 12.1 Å². The van der Waals surface area contributed by atoms with Crippen LogP contribution < -0.4 is 9.64 Å². The third-order valence-electron chi connectivity index (χ3n) is 3.72. The third-order valence-corrected chi connectivity index (χ3v) is 3.72. The van der Waals surface area contributed by atoms with E-state index in [0.29, 0.717) is 31.9 Å². The van der Waals surface area contributed by atoms with E-state index in [2.05, 4.69) is 0 Å². The van der Waals surface area contributed by atoms with Crippen LogP contribution >= 0.6 is 0 Å². The number of nitrogens with zero attached hydrogens (tertiary/aromatic N) is 3. The van der Waals surface area contributed by atoms with Crippen molar-refractivity contribution in [3.05, 3.63) is 28.1 Å². The molecule has 1 aliphatic rings. The van der Waals surface area contributed by atoms with Crippen molar-refractivity contribution in [3.8, 4) is 5.75 Å². The summed E-state index contributed by atoms with van der Waals surface area (Å²) < 4.78 is 24.5. The van der Waals surface area contributed by atoms with Gasteiger partial charge < -0.3 is 19.3 Å². The van der Waals surface area contributed by atoms with E-state index >= 15 is 0 Å². The van der Waals surface area contributed by atoms with Crippen molar-refractivity contribution in [2.75, 3.05) is 38.2 Å². The number of carbonyl (C=O) groups is 1. The number of carbonyl (C=O) groups excluding carboxylic acids is 1. The van der Waals surface area contributed by atoms with Crippen molar-refractivity contribution in [1.29, 1.82) is 0 Å². The summed E-state index contributed by atoms with van der Waals surface area (Å²) in [4.78, 5) is 25.5. The quantitative estimate of drug-likeness (QED) is 0.612. The number of halogens is 1. The lowest BCUT2D eigenvalue weighted by Gasteiger charge is -2.37. The fraction of sp³-hybridized carbons (Fsp3) is 0.562. The molecule has 1 saturated heterocycles. The number of benzene rings is 1. The molecule has 0 N–H and O–H groups in total. The monoisotopic (exact) mass is 355 g/mol. The summed E-state index contributed by atoms with van der Waals surface area (Å²) in [6, 6.07) is 2.17. The van der Waals surface area contributed by atoms with Gasteiger partial charge in [0.15, 0.2) is 0 Å². The highest BCUT2D eigenvalue weighted by atomic mass is 19.1. The molecule has 1 aliphatic heterocycles. The van der Waals surface area contributed by atoms with Gasteiger partial charge in [0.1, 0.15) is 11.4 Å². The summed E-state index contributed by atoms with van der Waals surface area (Å²) in [5.41, 5.74) is -0.777. The predicted octanol–water partition coefficient (Wildman–Crippen LogP) is 2.80. The van der Waals surface area contributed by atoms with Crippen molar-refractivity contribution in [1.82, 2.24) is 4.90 Å². The second-order valence-corrected chi connectivity index (χ2v) is 6.69. The highest BCUT2D eigenvalue weighted by Crippen LogP contribution is 2.35. The van der Waals surface area contributed by atoms with E-state index in [-0.39, 0.29) is 5.75 Å². The molecule has 0 bridgehead atoms. The largest absolute Gasteiger partial charge is 0.494 e. The van der Waals surface area contributed by atoms with Gasteiger partial charge in [0, 0.05) is 32.2 Å². The van der Waals surface area contributed by atoms with Crippen LogP contribution in [0, 0.1) is 15.9 Å². The number of rotatable bonds is 3. The predicted molar refractivity (Wildman–Crippen MR) is 89.6 cm³/mol. The summed E-state index contributed by atoms with van der Waals surface area (Å²) >= 11 is 0. The van der Waals surface area contributed by atoms with Crippen LogP contribution in [0.4, 0.5) is 20.6 Å². The van der Waals surface area contributed by atoms with Gasteiger partial charge in [-0.15, -0.1) is 0 Å². The molecule has 9 heteroatoms. The molecule has 8 nitrogen and oxygen atoms in total. The number of nitro benzene ring substituents is 1. The van der Waals surface area contributed by atoms with Crippen molar-refractivity contribution < 1.29 is 23.6 Å². The zero-order valence-electron chi connectivity index (χ0n) is 14.7. The number of hydrogen-bond acceptors (Lipinski definition) is 6. The molecule has 25 heavy (non-hydrogen) atoms. The van der Waals surface area contributed by atoms with Gasteiger partial charge in [0.25, 0.3) is 0 Å². The Labute approximate surface area is 145 Å². The Hall–Kier alpha value is -2.58. The van der Waals surface area contributed by atoms with Gasteiger partial charge >= 0.3 is 11.8 Å². The molecule has 1 amide bonds. The SMILES string of the molecule is COc1cc([N+](=O)[O-])c(F)cc1N1CCN(C(=O)OC(C)(C)C)CC1. The first-order chi connectivity index (χ1) is 11.6. The van der Waals surface area contributed by atoms with Crippen LogP contribution in [0.3, 0.4) is 0 Å². The number of amides is 1. The molecule has 1 aromatic carbocycles. The third kappa shape index (κ3) is 4.49. The molecule has 2 rings (SSSR count). The molecular formula is C16H22FN3O5. The van der Waals surface area contributed by atoms with Crippen LogP contribution in [0.15, 0.2) is 12.1 Å². The van der Waals surface area contributed by atoms with E-state index < -0.39 is 28.1 Å². The van der Waals surface area contributed by atoms with Crippen LogP contribution in [-0.2, 0) is 4.74 Å². The Bertz CT molecular complexity index is 666. The first kappa shape index (κ1) is 18.8. The Morgan fingerprint density at radius 1 is 1.24 bits per heavy atom. The average molecular weight is 355 g/mol. The van der Waals surface area contributed by atoms with Crippen molar-refractivity contribution in [2.24, 2.45) is 0 Å². The van der Waals surface area contributed by atoms with E-state index in [9.17, 15) is 19.3 Å². The van der Waals surface area contributed by atoms with Gasteiger partial charge in [-0.05, 0) is 20.8 Å². The van der Waals surface area contributed by atoms with E-state index in [4.69, 9.17) is 9.47 Å². The summed E-state index contributed by atoms with van der Waals surface area (Å²) in [6.07, 6.45) is -0.394. The maximum absolute atomic E-state index is 14.0. The van der Waals surface area contributed by atoms with E-state index in [1.54, 1.807) is 25.7 Å². The minimum absolute atomic E-state index is 0.221. The summed E-state index contributed by atoms with van der Waals surface area (Å²) in [5, 5.41) is 10.8. The average Bonchev–Trinajstić information content (AvgIpc) is 2.52. The van der Waals surface area contributed by atoms with Gasteiger partial charge in [0.05, 0.1) is 23.8 Å². The topological polar surface area (TPSA) is 85.2 Å². The maximum atomic E-state index is 14.0. The number of piperazine rings is 1. The molecule has 0 atom stereocenters. The summed E-state index contributed by atoms with van der Waals surface area (Å²) in [6.45, 7) is 7.07. The molecule has 1 heterocycles. The second-order valence-electron chi connectivity index (χ2n) is 6.69. The fourth-order valence-electron chi connectivity index (χ4n) is 2.54. The van der Waals surface area contributed by atoms with Crippen molar-refractivity contribution in [3.63, 3.8) is 0 Å². The lowest BCUT2D eigenvalue weighted by Crippen LogP contribution is -2.50. The molecule has 0 radical (unpaired) electrons. The van der Waals surface area contributed by atoms with Gasteiger partial charge in [-0.25, -0.2) is 4.79 Å². The number of anilines is 1. The Morgan fingerprint density at radius 2 is 1.84 bits per heavy atom. The van der Waals surface area contributed by atoms with Crippen LogP contribution in [-0.4, -0.2) is 54.8 Å². The molecule has 0 spiro atoms. The van der Waals surface area contributed by atoms with Crippen molar-refractivity contribution in [2.45, 2.75) is 26.4 Å². The molecule has 0 saturated carbocycles. The molecule has 1 aromatic rings. The zero-order chi connectivity index (χ0) is 18.8. The zero-order valence-corrected chi connectivity index (χ0v) is 14.7. The number of methoxy groups -OCH3 is 1. The summed E-state index contributed by atoms with van der Waals surface area (Å²) in [7, 11) is 1.37.